The molecule has 1 heterocycles. The minimum absolute atomic E-state index is 0.0462. The van der Waals surface area contributed by atoms with Crippen LogP contribution in [-0.4, -0.2) is 31.1 Å². The van der Waals surface area contributed by atoms with Gasteiger partial charge in [-0.1, -0.05) is 12.1 Å². The van der Waals surface area contributed by atoms with Crippen LogP contribution >= 0.6 is 0 Å². The van der Waals surface area contributed by atoms with Crippen molar-refractivity contribution in [1.82, 2.24) is 0 Å². The summed E-state index contributed by atoms with van der Waals surface area (Å²) in [5.41, 5.74) is 1.36. The summed E-state index contributed by atoms with van der Waals surface area (Å²) in [7, 11) is 0. The summed E-state index contributed by atoms with van der Waals surface area (Å²) in [6, 6.07) is 12.9. The molecule has 1 aliphatic rings. The van der Waals surface area contributed by atoms with Gasteiger partial charge < -0.3 is 15.0 Å². The van der Waals surface area contributed by atoms with E-state index in [1.807, 2.05) is 0 Å². The highest BCUT2D eigenvalue weighted by Crippen LogP contribution is 2.27. The summed E-state index contributed by atoms with van der Waals surface area (Å²) in [6.07, 6.45) is 1.38. The minimum Gasteiger partial charge on any atom is -0.381 e. The van der Waals surface area contributed by atoms with E-state index in [2.05, 4.69) is 5.32 Å². The van der Waals surface area contributed by atoms with Crippen molar-refractivity contribution in [1.29, 1.82) is 0 Å². The number of benzene rings is 2. The molecule has 0 spiro atoms. The Morgan fingerprint density at radius 1 is 1.08 bits per heavy atom. The molecule has 3 rings (SSSR count). The SMILES string of the molecule is CC(=O)Nc1ccc(N(C(=O)c2ccccc2F)C2CCOCC2)cc1. The van der Waals surface area contributed by atoms with Crippen LogP contribution in [0.1, 0.15) is 30.1 Å². The van der Waals surface area contributed by atoms with E-state index in [-0.39, 0.29) is 23.4 Å². The number of nitrogens with one attached hydrogen (secondary N) is 1. The van der Waals surface area contributed by atoms with Crippen molar-refractivity contribution in [3.63, 3.8) is 0 Å². The second-order valence-corrected chi connectivity index (χ2v) is 6.23. The monoisotopic (exact) mass is 356 g/mol. The van der Waals surface area contributed by atoms with Gasteiger partial charge >= 0.3 is 0 Å². The average Bonchev–Trinajstić information content (AvgIpc) is 2.64. The van der Waals surface area contributed by atoms with Crippen LogP contribution in [0.25, 0.3) is 0 Å². The number of hydrogen-bond acceptors (Lipinski definition) is 3. The predicted octanol–water partition coefficient (Wildman–Crippen LogP) is 3.61. The van der Waals surface area contributed by atoms with Crippen molar-refractivity contribution in [3.05, 3.63) is 59.9 Å². The summed E-state index contributed by atoms with van der Waals surface area (Å²) in [5, 5.41) is 2.70. The maximum Gasteiger partial charge on any atom is 0.261 e. The largest absolute Gasteiger partial charge is 0.381 e. The van der Waals surface area contributed by atoms with Gasteiger partial charge in [0.1, 0.15) is 5.82 Å². The normalized spacial score (nSPS) is 14.7. The lowest BCUT2D eigenvalue weighted by molar-refractivity contribution is -0.114. The van der Waals surface area contributed by atoms with Crippen LogP contribution in [0, 0.1) is 5.82 Å². The number of carbonyl (C=O) groups excluding carboxylic acids is 2. The predicted molar refractivity (Wildman–Crippen MR) is 97.8 cm³/mol. The number of halogens is 1. The standard InChI is InChI=1S/C20H21FN2O3/c1-14(24)22-15-6-8-16(9-7-15)23(17-10-12-26-13-11-17)20(25)18-4-2-3-5-19(18)21/h2-9,17H,10-13H2,1H3,(H,22,24). The molecule has 0 atom stereocenters. The zero-order chi connectivity index (χ0) is 18.5. The maximum atomic E-state index is 14.2. The van der Waals surface area contributed by atoms with Crippen LogP contribution in [0.2, 0.25) is 0 Å². The Bertz CT molecular complexity index is 786. The number of ether oxygens (including phenoxy) is 1. The summed E-state index contributed by atoms with van der Waals surface area (Å²) < 4.78 is 19.6. The first-order valence-corrected chi connectivity index (χ1v) is 8.60. The van der Waals surface area contributed by atoms with Gasteiger partial charge in [-0.15, -0.1) is 0 Å². The van der Waals surface area contributed by atoms with Crippen LogP contribution in [-0.2, 0) is 9.53 Å². The van der Waals surface area contributed by atoms with Crippen molar-refractivity contribution in [3.8, 4) is 0 Å². The molecule has 0 bridgehead atoms. The smallest absolute Gasteiger partial charge is 0.261 e. The van der Waals surface area contributed by atoms with Gasteiger partial charge in [-0.3, -0.25) is 9.59 Å². The van der Waals surface area contributed by atoms with Crippen LogP contribution in [0.4, 0.5) is 15.8 Å². The number of hydrogen-bond donors (Lipinski definition) is 1. The van der Waals surface area contributed by atoms with Gasteiger partial charge in [0.2, 0.25) is 5.91 Å². The molecule has 0 aromatic heterocycles. The quantitative estimate of drug-likeness (QED) is 0.910. The Hall–Kier alpha value is -2.73. The molecule has 0 saturated carbocycles. The molecule has 5 nitrogen and oxygen atoms in total. The maximum absolute atomic E-state index is 14.2. The van der Waals surface area contributed by atoms with Crippen LogP contribution in [0.5, 0.6) is 0 Å². The topological polar surface area (TPSA) is 58.6 Å². The molecular weight excluding hydrogens is 335 g/mol. The molecule has 1 aliphatic heterocycles. The Balaban J connectivity index is 1.94. The summed E-state index contributed by atoms with van der Waals surface area (Å²) in [4.78, 5) is 25.9. The molecule has 1 fully saturated rings. The van der Waals surface area contributed by atoms with Gasteiger partial charge in [-0.05, 0) is 49.2 Å². The Morgan fingerprint density at radius 2 is 1.73 bits per heavy atom. The lowest BCUT2D eigenvalue weighted by atomic mass is 10.0. The van der Waals surface area contributed by atoms with Gasteiger partial charge in [-0.2, -0.15) is 0 Å². The average molecular weight is 356 g/mol. The van der Waals surface area contributed by atoms with E-state index in [1.165, 1.54) is 19.1 Å². The van der Waals surface area contributed by atoms with Crippen molar-refractivity contribution in [2.75, 3.05) is 23.4 Å². The minimum atomic E-state index is -0.538. The molecule has 0 aliphatic carbocycles. The molecule has 2 amide bonds. The number of anilines is 2. The molecule has 2 aromatic rings. The molecule has 2 aromatic carbocycles. The van der Waals surface area contributed by atoms with Crippen LogP contribution in [0.15, 0.2) is 48.5 Å². The summed E-state index contributed by atoms with van der Waals surface area (Å²) in [6.45, 7) is 2.56. The first-order chi connectivity index (χ1) is 12.6. The molecule has 0 unspecified atom stereocenters. The van der Waals surface area contributed by atoms with Gasteiger partial charge in [0.25, 0.3) is 5.91 Å². The zero-order valence-corrected chi connectivity index (χ0v) is 14.6. The Kier molecular flexibility index (Phi) is 5.63. The van der Waals surface area contributed by atoms with Crippen LogP contribution in [0.3, 0.4) is 0 Å². The third-order valence-electron chi connectivity index (χ3n) is 4.34. The van der Waals surface area contributed by atoms with E-state index in [0.29, 0.717) is 37.4 Å². The van der Waals surface area contributed by atoms with E-state index in [4.69, 9.17) is 4.74 Å². The van der Waals surface area contributed by atoms with E-state index in [1.54, 1.807) is 41.3 Å². The highest BCUT2D eigenvalue weighted by Gasteiger charge is 2.29. The second kappa shape index (κ2) is 8.10. The Labute approximate surface area is 151 Å². The highest BCUT2D eigenvalue weighted by molar-refractivity contribution is 6.06. The molecule has 136 valence electrons. The molecule has 1 N–H and O–H groups in total. The summed E-state index contributed by atoms with van der Waals surface area (Å²) in [5.74, 6) is -1.08. The van der Waals surface area contributed by atoms with Gasteiger partial charge in [0, 0.05) is 37.6 Å². The molecule has 26 heavy (non-hydrogen) atoms. The fourth-order valence-electron chi connectivity index (χ4n) is 3.11. The van der Waals surface area contributed by atoms with E-state index in [9.17, 15) is 14.0 Å². The van der Waals surface area contributed by atoms with Crippen molar-refractivity contribution in [2.45, 2.75) is 25.8 Å². The lowest BCUT2D eigenvalue weighted by Crippen LogP contribution is -2.44. The van der Waals surface area contributed by atoms with E-state index in [0.717, 1.165) is 0 Å². The zero-order valence-electron chi connectivity index (χ0n) is 14.6. The first-order valence-electron chi connectivity index (χ1n) is 8.60. The fraction of sp³-hybridized carbons (Fsp3) is 0.300. The molecule has 1 saturated heterocycles. The van der Waals surface area contributed by atoms with E-state index < -0.39 is 5.82 Å². The molecule has 0 radical (unpaired) electrons. The third kappa shape index (κ3) is 4.08. The van der Waals surface area contributed by atoms with Crippen LogP contribution < -0.4 is 10.2 Å². The van der Waals surface area contributed by atoms with Gasteiger partial charge in [0.05, 0.1) is 5.56 Å². The Morgan fingerprint density at radius 3 is 2.35 bits per heavy atom. The lowest BCUT2D eigenvalue weighted by Gasteiger charge is -2.34. The van der Waals surface area contributed by atoms with Gasteiger partial charge in [-0.25, -0.2) is 4.39 Å². The second-order valence-electron chi connectivity index (χ2n) is 6.23. The summed E-state index contributed by atoms with van der Waals surface area (Å²) >= 11 is 0. The number of amides is 2. The van der Waals surface area contributed by atoms with Gasteiger partial charge in [0.15, 0.2) is 0 Å². The van der Waals surface area contributed by atoms with Crippen molar-refractivity contribution in [2.24, 2.45) is 0 Å². The number of carbonyl (C=O) groups is 2. The highest BCUT2D eigenvalue weighted by atomic mass is 19.1. The van der Waals surface area contributed by atoms with Crippen molar-refractivity contribution >= 4 is 23.2 Å². The van der Waals surface area contributed by atoms with E-state index >= 15 is 0 Å². The third-order valence-corrected chi connectivity index (χ3v) is 4.34. The first kappa shape index (κ1) is 18.1. The fourth-order valence-corrected chi connectivity index (χ4v) is 3.11. The number of rotatable bonds is 4. The molecule has 6 heteroatoms. The number of nitrogens with zero attached hydrogens (tertiary/aromatic N) is 1. The van der Waals surface area contributed by atoms with Crippen molar-refractivity contribution < 1.29 is 18.7 Å². The molecular formula is C20H21FN2O3.